The van der Waals surface area contributed by atoms with E-state index in [-0.39, 0.29) is 0 Å². The Morgan fingerprint density at radius 1 is 1.20 bits per heavy atom. The molecule has 1 aromatic carbocycles. The highest BCUT2D eigenvalue weighted by Crippen LogP contribution is 2.22. The number of pyridine rings is 1. The third-order valence-electron chi connectivity index (χ3n) is 3.39. The monoisotopic (exact) mass is 266 g/mol. The maximum Gasteiger partial charge on any atom is 0.207 e. The molecule has 20 heavy (non-hydrogen) atoms. The van der Waals surface area contributed by atoms with E-state index in [1.165, 1.54) is 5.56 Å². The van der Waals surface area contributed by atoms with Crippen LogP contribution in [0.4, 0.5) is 5.95 Å². The van der Waals surface area contributed by atoms with E-state index in [0.717, 1.165) is 35.3 Å². The zero-order valence-corrected chi connectivity index (χ0v) is 11.8. The predicted octanol–water partition coefficient (Wildman–Crippen LogP) is 3.26. The van der Waals surface area contributed by atoms with Gasteiger partial charge < -0.3 is 5.73 Å². The van der Waals surface area contributed by atoms with E-state index in [2.05, 4.69) is 41.2 Å². The van der Waals surface area contributed by atoms with Crippen molar-refractivity contribution in [2.45, 2.75) is 26.7 Å². The summed E-state index contributed by atoms with van der Waals surface area (Å²) in [5.74, 6) is 0.473. The number of rotatable bonds is 3. The van der Waals surface area contributed by atoms with E-state index in [9.17, 15) is 0 Å². The third kappa shape index (κ3) is 2.13. The summed E-state index contributed by atoms with van der Waals surface area (Å²) in [5, 5.41) is 0. The van der Waals surface area contributed by atoms with Crippen LogP contribution in [-0.4, -0.2) is 14.5 Å². The standard InChI is InChI=1S/C16H18N4/c1-3-4-12-5-7-13(8-6-12)20-15-14(19-16(20)17)9-11(2)10-18-15/h5-10H,3-4H2,1-2H3,(H2,17,19). The Morgan fingerprint density at radius 3 is 2.65 bits per heavy atom. The van der Waals surface area contributed by atoms with Gasteiger partial charge >= 0.3 is 0 Å². The number of nitrogens with zero attached hydrogens (tertiary/aromatic N) is 3. The van der Waals surface area contributed by atoms with Gasteiger partial charge in [0.15, 0.2) is 5.65 Å². The van der Waals surface area contributed by atoms with Crippen LogP contribution in [0.15, 0.2) is 36.5 Å². The van der Waals surface area contributed by atoms with E-state index in [4.69, 9.17) is 5.73 Å². The molecule has 0 saturated carbocycles. The summed E-state index contributed by atoms with van der Waals surface area (Å²) in [6.07, 6.45) is 4.08. The average molecular weight is 266 g/mol. The number of fused-ring (bicyclic) bond motifs is 1. The molecular weight excluding hydrogens is 248 g/mol. The summed E-state index contributed by atoms with van der Waals surface area (Å²) in [6, 6.07) is 10.4. The lowest BCUT2D eigenvalue weighted by Crippen LogP contribution is -2.01. The van der Waals surface area contributed by atoms with Gasteiger partial charge in [0.1, 0.15) is 5.52 Å². The second-order valence-electron chi connectivity index (χ2n) is 5.08. The number of benzene rings is 1. The second-order valence-corrected chi connectivity index (χ2v) is 5.08. The summed E-state index contributed by atoms with van der Waals surface area (Å²) in [7, 11) is 0. The first-order chi connectivity index (χ1) is 9.69. The molecule has 0 aliphatic carbocycles. The zero-order chi connectivity index (χ0) is 14.1. The van der Waals surface area contributed by atoms with Gasteiger partial charge in [-0.2, -0.15) is 0 Å². The lowest BCUT2D eigenvalue weighted by molar-refractivity contribution is 0.920. The van der Waals surface area contributed by atoms with Crippen molar-refractivity contribution in [3.05, 3.63) is 47.7 Å². The van der Waals surface area contributed by atoms with Crippen LogP contribution in [0, 0.1) is 6.92 Å². The SMILES string of the molecule is CCCc1ccc(-n2c(N)nc3cc(C)cnc32)cc1. The minimum absolute atomic E-state index is 0.473. The molecule has 0 saturated heterocycles. The zero-order valence-electron chi connectivity index (χ0n) is 11.8. The number of aryl methyl sites for hydroxylation is 2. The summed E-state index contributed by atoms with van der Waals surface area (Å²) in [6.45, 7) is 4.18. The molecule has 0 spiro atoms. The van der Waals surface area contributed by atoms with E-state index >= 15 is 0 Å². The highest BCUT2D eigenvalue weighted by molar-refractivity contribution is 5.77. The van der Waals surface area contributed by atoms with E-state index in [1.807, 2.05) is 23.8 Å². The van der Waals surface area contributed by atoms with Crippen molar-refractivity contribution < 1.29 is 0 Å². The van der Waals surface area contributed by atoms with Gasteiger partial charge in [-0.1, -0.05) is 25.5 Å². The molecule has 0 radical (unpaired) electrons. The lowest BCUT2D eigenvalue weighted by Gasteiger charge is -2.07. The number of anilines is 1. The molecule has 102 valence electrons. The van der Waals surface area contributed by atoms with Crippen LogP contribution < -0.4 is 5.73 Å². The smallest absolute Gasteiger partial charge is 0.207 e. The van der Waals surface area contributed by atoms with Crippen LogP contribution in [0.3, 0.4) is 0 Å². The Morgan fingerprint density at radius 2 is 1.95 bits per heavy atom. The van der Waals surface area contributed by atoms with E-state index < -0.39 is 0 Å². The van der Waals surface area contributed by atoms with Gasteiger partial charge in [-0.3, -0.25) is 4.57 Å². The number of hydrogen-bond acceptors (Lipinski definition) is 3. The molecule has 2 N–H and O–H groups in total. The fourth-order valence-corrected chi connectivity index (χ4v) is 2.44. The number of hydrogen-bond donors (Lipinski definition) is 1. The summed E-state index contributed by atoms with van der Waals surface area (Å²) < 4.78 is 1.89. The van der Waals surface area contributed by atoms with Gasteiger partial charge in [-0.05, 0) is 42.7 Å². The molecule has 0 bridgehead atoms. The molecule has 3 rings (SSSR count). The molecule has 0 atom stereocenters. The van der Waals surface area contributed by atoms with Crippen molar-refractivity contribution >= 4 is 17.1 Å². The fourth-order valence-electron chi connectivity index (χ4n) is 2.44. The van der Waals surface area contributed by atoms with Crippen molar-refractivity contribution in [2.24, 2.45) is 0 Å². The number of nitrogens with two attached hydrogens (primary N) is 1. The quantitative estimate of drug-likeness (QED) is 0.791. The van der Waals surface area contributed by atoms with Crippen LogP contribution in [0.1, 0.15) is 24.5 Å². The Hall–Kier alpha value is -2.36. The maximum absolute atomic E-state index is 6.04. The average Bonchev–Trinajstić information content (AvgIpc) is 2.75. The van der Waals surface area contributed by atoms with E-state index in [0.29, 0.717) is 5.95 Å². The first-order valence-electron chi connectivity index (χ1n) is 6.89. The van der Waals surface area contributed by atoms with Gasteiger partial charge in [0, 0.05) is 6.20 Å². The lowest BCUT2D eigenvalue weighted by atomic mass is 10.1. The van der Waals surface area contributed by atoms with Crippen LogP contribution in [-0.2, 0) is 6.42 Å². The number of imidazole rings is 1. The molecular formula is C16H18N4. The summed E-state index contributed by atoms with van der Waals surface area (Å²) >= 11 is 0. The second kappa shape index (κ2) is 4.96. The number of nitrogen functional groups attached to an aromatic ring is 1. The highest BCUT2D eigenvalue weighted by Gasteiger charge is 2.11. The maximum atomic E-state index is 6.04. The molecule has 0 unspecified atom stereocenters. The molecule has 4 heteroatoms. The van der Waals surface area contributed by atoms with Crippen molar-refractivity contribution in [1.29, 1.82) is 0 Å². The van der Waals surface area contributed by atoms with Crippen molar-refractivity contribution in [1.82, 2.24) is 14.5 Å². The third-order valence-corrected chi connectivity index (χ3v) is 3.39. The minimum atomic E-state index is 0.473. The molecule has 2 aromatic heterocycles. The molecule has 3 aromatic rings. The van der Waals surface area contributed by atoms with E-state index in [1.54, 1.807) is 0 Å². The van der Waals surface area contributed by atoms with Gasteiger partial charge in [0.05, 0.1) is 5.69 Å². The van der Waals surface area contributed by atoms with Crippen molar-refractivity contribution in [3.8, 4) is 5.69 Å². The Bertz CT molecular complexity index is 741. The topological polar surface area (TPSA) is 56.7 Å². The molecule has 2 heterocycles. The Labute approximate surface area is 118 Å². The minimum Gasteiger partial charge on any atom is -0.369 e. The predicted molar refractivity (Wildman–Crippen MR) is 82.0 cm³/mol. The normalized spacial score (nSPS) is 11.1. The molecule has 0 fully saturated rings. The number of aromatic nitrogens is 3. The van der Waals surface area contributed by atoms with Gasteiger partial charge in [-0.15, -0.1) is 0 Å². The first-order valence-corrected chi connectivity index (χ1v) is 6.89. The molecule has 0 aliphatic heterocycles. The van der Waals surface area contributed by atoms with Crippen LogP contribution in [0.2, 0.25) is 0 Å². The molecule has 0 aliphatic rings. The van der Waals surface area contributed by atoms with Crippen molar-refractivity contribution in [2.75, 3.05) is 5.73 Å². The fraction of sp³-hybridized carbons (Fsp3) is 0.250. The van der Waals surface area contributed by atoms with Gasteiger partial charge in [0.25, 0.3) is 0 Å². The molecule has 0 amide bonds. The Kier molecular flexibility index (Phi) is 3.14. The van der Waals surface area contributed by atoms with Crippen molar-refractivity contribution in [3.63, 3.8) is 0 Å². The van der Waals surface area contributed by atoms with Crippen LogP contribution >= 0.6 is 0 Å². The highest BCUT2D eigenvalue weighted by atomic mass is 15.2. The van der Waals surface area contributed by atoms with Crippen LogP contribution in [0.25, 0.3) is 16.9 Å². The largest absolute Gasteiger partial charge is 0.369 e. The van der Waals surface area contributed by atoms with Gasteiger partial charge in [-0.25, -0.2) is 9.97 Å². The summed E-state index contributed by atoms with van der Waals surface area (Å²) in [5.41, 5.74) is 11.1. The Balaban J connectivity index is 2.11. The summed E-state index contributed by atoms with van der Waals surface area (Å²) in [4.78, 5) is 8.84. The van der Waals surface area contributed by atoms with Gasteiger partial charge in [0.2, 0.25) is 5.95 Å². The van der Waals surface area contributed by atoms with Crippen LogP contribution in [0.5, 0.6) is 0 Å². The first kappa shape index (κ1) is 12.7. The molecule has 4 nitrogen and oxygen atoms in total.